The van der Waals surface area contributed by atoms with E-state index in [1.54, 1.807) is 43.5 Å². The van der Waals surface area contributed by atoms with E-state index < -0.39 is 0 Å². The zero-order chi connectivity index (χ0) is 20.2. The molecule has 0 saturated carbocycles. The van der Waals surface area contributed by atoms with Gasteiger partial charge in [-0.15, -0.1) is 0 Å². The molecule has 0 spiro atoms. The first-order valence-electron chi connectivity index (χ1n) is 9.36. The van der Waals surface area contributed by atoms with Crippen LogP contribution in [0.1, 0.15) is 16.2 Å². The highest BCUT2D eigenvalue weighted by Crippen LogP contribution is 2.19. The molecule has 1 saturated heterocycles. The standard InChI is InChI=1S/C21H21FN4O3/c1-28-18-8-4-16(5-9-18)21(27)26-12-10-25(11-13-26)14-19-23-20(29-24-19)15-2-6-17(22)7-3-15/h2-9H,10-14H2,1H3. The summed E-state index contributed by atoms with van der Waals surface area (Å²) < 4.78 is 23.5. The first kappa shape index (κ1) is 19.1. The highest BCUT2D eigenvalue weighted by Gasteiger charge is 2.23. The second-order valence-electron chi connectivity index (χ2n) is 6.82. The fraction of sp³-hybridized carbons (Fsp3) is 0.286. The third-order valence-electron chi connectivity index (χ3n) is 4.92. The maximum Gasteiger partial charge on any atom is 0.257 e. The first-order chi connectivity index (χ1) is 14.1. The lowest BCUT2D eigenvalue weighted by Crippen LogP contribution is -2.48. The van der Waals surface area contributed by atoms with E-state index in [0.717, 1.165) is 18.8 Å². The average Bonchev–Trinajstić information content (AvgIpc) is 3.23. The van der Waals surface area contributed by atoms with Gasteiger partial charge in [0.15, 0.2) is 5.82 Å². The molecule has 1 aliphatic rings. The van der Waals surface area contributed by atoms with Crippen LogP contribution in [-0.2, 0) is 6.54 Å². The van der Waals surface area contributed by atoms with Crippen LogP contribution in [0.5, 0.6) is 5.75 Å². The fourth-order valence-electron chi connectivity index (χ4n) is 3.25. The van der Waals surface area contributed by atoms with Crippen LogP contribution in [0, 0.1) is 5.82 Å². The summed E-state index contributed by atoms with van der Waals surface area (Å²) in [6.07, 6.45) is 0. The van der Waals surface area contributed by atoms with Gasteiger partial charge in [-0.2, -0.15) is 4.98 Å². The Morgan fingerprint density at radius 1 is 1.07 bits per heavy atom. The van der Waals surface area contributed by atoms with Crippen LogP contribution < -0.4 is 4.74 Å². The number of halogens is 1. The van der Waals surface area contributed by atoms with Gasteiger partial charge in [0.2, 0.25) is 0 Å². The van der Waals surface area contributed by atoms with Gasteiger partial charge in [-0.25, -0.2) is 4.39 Å². The molecule has 3 aromatic rings. The van der Waals surface area contributed by atoms with Crippen molar-refractivity contribution in [1.82, 2.24) is 19.9 Å². The SMILES string of the molecule is COc1ccc(C(=O)N2CCN(Cc3noc(-c4ccc(F)cc4)n3)CC2)cc1. The highest BCUT2D eigenvalue weighted by atomic mass is 19.1. The number of carbonyl (C=O) groups is 1. The molecular formula is C21H21FN4O3. The molecule has 150 valence electrons. The van der Waals surface area contributed by atoms with Crippen LogP contribution in [0.3, 0.4) is 0 Å². The summed E-state index contributed by atoms with van der Waals surface area (Å²) in [5, 5.41) is 4.01. The molecule has 29 heavy (non-hydrogen) atoms. The molecule has 1 aromatic heterocycles. The Labute approximate surface area is 167 Å². The van der Waals surface area contributed by atoms with Crippen molar-refractivity contribution in [3.8, 4) is 17.2 Å². The third-order valence-corrected chi connectivity index (χ3v) is 4.92. The Hall–Kier alpha value is -3.26. The van der Waals surface area contributed by atoms with Crippen LogP contribution in [0.4, 0.5) is 4.39 Å². The first-order valence-corrected chi connectivity index (χ1v) is 9.36. The van der Waals surface area contributed by atoms with Gasteiger partial charge in [-0.1, -0.05) is 5.16 Å². The minimum atomic E-state index is -0.310. The predicted molar refractivity (Wildman–Crippen MR) is 104 cm³/mol. The number of benzene rings is 2. The molecule has 7 nitrogen and oxygen atoms in total. The average molecular weight is 396 g/mol. The van der Waals surface area contributed by atoms with Crippen molar-refractivity contribution in [3.63, 3.8) is 0 Å². The van der Waals surface area contributed by atoms with E-state index in [-0.39, 0.29) is 11.7 Å². The zero-order valence-electron chi connectivity index (χ0n) is 16.0. The van der Waals surface area contributed by atoms with E-state index in [2.05, 4.69) is 15.0 Å². The van der Waals surface area contributed by atoms with Gasteiger partial charge in [0, 0.05) is 37.3 Å². The Morgan fingerprint density at radius 2 is 1.76 bits per heavy atom. The summed E-state index contributed by atoms with van der Waals surface area (Å²) in [5.74, 6) is 1.38. The van der Waals surface area contributed by atoms with Gasteiger partial charge in [-0.3, -0.25) is 9.69 Å². The minimum absolute atomic E-state index is 0.0189. The molecular weight excluding hydrogens is 375 g/mol. The predicted octanol–water partition coefficient (Wildman–Crippen LogP) is 2.84. The Balaban J connectivity index is 1.32. The zero-order valence-corrected chi connectivity index (χ0v) is 16.0. The van der Waals surface area contributed by atoms with Crippen LogP contribution in [-0.4, -0.2) is 59.1 Å². The number of rotatable bonds is 5. The molecule has 4 rings (SSSR count). The lowest BCUT2D eigenvalue weighted by Gasteiger charge is -2.34. The molecule has 0 aliphatic carbocycles. The van der Waals surface area contributed by atoms with Crippen LogP contribution in [0.25, 0.3) is 11.5 Å². The van der Waals surface area contributed by atoms with Gasteiger partial charge in [0.25, 0.3) is 11.8 Å². The Morgan fingerprint density at radius 3 is 2.41 bits per heavy atom. The summed E-state index contributed by atoms with van der Waals surface area (Å²) >= 11 is 0. The highest BCUT2D eigenvalue weighted by molar-refractivity contribution is 5.94. The summed E-state index contributed by atoms with van der Waals surface area (Å²) in [6, 6.07) is 13.1. The van der Waals surface area contributed by atoms with E-state index in [1.807, 2.05) is 4.90 Å². The molecule has 8 heteroatoms. The van der Waals surface area contributed by atoms with E-state index in [4.69, 9.17) is 9.26 Å². The van der Waals surface area contributed by atoms with Crippen LogP contribution >= 0.6 is 0 Å². The normalized spacial score (nSPS) is 14.8. The number of aromatic nitrogens is 2. The third kappa shape index (κ3) is 4.43. The van der Waals surface area contributed by atoms with Gasteiger partial charge in [-0.05, 0) is 48.5 Å². The smallest absolute Gasteiger partial charge is 0.257 e. The van der Waals surface area contributed by atoms with Gasteiger partial charge in [0.05, 0.1) is 13.7 Å². The second kappa shape index (κ2) is 8.40. The van der Waals surface area contributed by atoms with Crippen molar-refractivity contribution in [1.29, 1.82) is 0 Å². The number of hydrogen-bond acceptors (Lipinski definition) is 6. The van der Waals surface area contributed by atoms with Crippen molar-refractivity contribution in [2.75, 3.05) is 33.3 Å². The van der Waals surface area contributed by atoms with E-state index in [9.17, 15) is 9.18 Å². The lowest BCUT2D eigenvalue weighted by molar-refractivity contribution is 0.0624. The monoisotopic (exact) mass is 396 g/mol. The largest absolute Gasteiger partial charge is 0.497 e. The van der Waals surface area contributed by atoms with Crippen molar-refractivity contribution < 1.29 is 18.4 Å². The summed E-state index contributed by atoms with van der Waals surface area (Å²) in [6.45, 7) is 3.25. The molecule has 2 heterocycles. The maximum atomic E-state index is 13.0. The number of methoxy groups -OCH3 is 1. The van der Waals surface area contributed by atoms with E-state index >= 15 is 0 Å². The quantitative estimate of drug-likeness (QED) is 0.660. The van der Waals surface area contributed by atoms with E-state index in [0.29, 0.717) is 42.5 Å². The van der Waals surface area contributed by atoms with Gasteiger partial charge < -0.3 is 14.2 Å². The Kier molecular flexibility index (Phi) is 5.53. The number of amides is 1. The lowest BCUT2D eigenvalue weighted by atomic mass is 10.1. The van der Waals surface area contributed by atoms with Gasteiger partial charge >= 0.3 is 0 Å². The number of nitrogens with zero attached hydrogens (tertiary/aromatic N) is 4. The number of piperazine rings is 1. The van der Waals surface area contributed by atoms with Crippen LogP contribution in [0.2, 0.25) is 0 Å². The summed E-state index contributed by atoms with van der Waals surface area (Å²) in [4.78, 5) is 21.1. The van der Waals surface area contributed by atoms with Crippen molar-refractivity contribution in [2.24, 2.45) is 0 Å². The summed E-state index contributed by atoms with van der Waals surface area (Å²) in [5.41, 5.74) is 1.33. The summed E-state index contributed by atoms with van der Waals surface area (Å²) in [7, 11) is 1.60. The van der Waals surface area contributed by atoms with Crippen molar-refractivity contribution in [3.05, 3.63) is 65.7 Å². The molecule has 1 aliphatic heterocycles. The Bertz CT molecular complexity index is 964. The number of hydrogen-bond donors (Lipinski definition) is 0. The fourth-order valence-corrected chi connectivity index (χ4v) is 3.25. The minimum Gasteiger partial charge on any atom is -0.497 e. The maximum absolute atomic E-state index is 13.0. The molecule has 1 amide bonds. The number of ether oxygens (including phenoxy) is 1. The van der Waals surface area contributed by atoms with Crippen molar-refractivity contribution in [2.45, 2.75) is 6.54 Å². The molecule has 0 atom stereocenters. The molecule has 2 aromatic carbocycles. The van der Waals surface area contributed by atoms with Crippen molar-refractivity contribution >= 4 is 5.91 Å². The van der Waals surface area contributed by atoms with Crippen LogP contribution in [0.15, 0.2) is 53.1 Å². The van der Waals surface area contributed by atoms with Gasteiger partial charge in [0.1, 0.15) is 11.6 Å². The molecule has 0 unspecified atom stereocenters. The molecule has 1 fully saturated rings. The molecule has 0 N–H and O–H groups in total. The topological polar surface area (TPSA) is 71.7 Å². The molecule has 0 bridgehead atoms. The number of carbonyl (C=O) groups excluding carboxylic acids is 1. The second-order valence-corrected chi connectivity index (χ2v) is 6.82. The molecule has 0 radical (unpaired) electrons. The van der Waals surface area contributed by atoms with E-state index in [1.165, 1.54) is 12.1 Å².